The molecule has 0 saturated heterocycles. The van der Waals surface area contributed by atoms with Crippen LogP contribution in [0.5, 0.6) is 5.75 Å². The van der Waals surface area contributed by atoms with Crippen LogP contribution < -0.4 is 10.1 Å². The smallest absolute Gasteiger partial charge is 0.261 e. The Balaban J connectivity index is 1.76. The van der Waals surface area contributed by atoms with Gasteiger partial charge in [0, 0.05) is 17.6 Å². The van der Waals surface area contributed by atoms with E-state index < -0.39 is 6.04 Å². The number of carbonyl (C=O) groups is 2. The molecule has 1 N–H and O–H groups in total. The summed E-state index contributed by atoms with van der Waals surface area (Å²) < 4.78 is 5.78. The molecular weight excluding hydrogens is 483 g/mol. The summed E-state index contributed by atoms with van der Waals surface area (Å²) in [5.74, 6) is 0.0780. The van der Waals surface area contributed by atoms with Crippen LogP contribution in [0, 0.1) is 13.8 Å². The zero-order valence-electron chi connectivity index (χ0n) is 19.1. The molecule has 0 radical (unpaired) electrons. The van der Waals surface area contributed by atoms with Gasteiger partial charge in [-0.15, -0.1) is 0 Å². The van der Waals surface area contributed by atoms with E-state index in [4.69, 9.17) is 39.5 Å². The summed E-state index contributed by atoms with van der Waals surface area (Å²) in [6.45, 7) is 5.50. The molecule has 1 aliphatic carbocycles. The van der Waals surface area contributed by atoms with E-state index in [1.165, 1.54) is 4.90 Å². The van der Waals surface area contributed by atoms with Gasteiger partial charge in [-0.25, -0.2) is 0 Å². The fourth-order valence-electron chi connectivity index (χ4n) is 4.03. The van der Waals surface area contributed by atoms with E-state index in [0.29, 0.717) is 20.8 Å². The standard InChI is InChI=1S/C25H29Cl3N2O3/c1-15-10-20(11-16(2)24(15)28)33-14-23(31)30(13-18-8-9-21(26)22(27)12-18)17(3)25(32)29-19-6-4-5-7-19/h8-12,17,19H,4-7,13-14H2,1-3H3,(H,29,32)/t17-/m0/s1. The minimum atomic E-state index is -0.676. The Bertz CT molecular complexity index is 999. The lowest BCUT2D eigenvalue weighted by atomic mass is 10.1. The van der Waals surface area contributed by atoms with Gasteiger partial charge in [-0.1, -0.05) is 53.7 Å². The first-order chi connectivity index (χ1) is 15.7. The van der Waals surface area contributed by atoms with Crippen LogP contribution >= 0.6 is 34.8 Å². The highest BCUT2D eigenvalue weighted by molar-refractivity contribution is 6.42. The molecule has 0 aliphatic heterocycles. The van der Waals surface area contributed by atoms with Crippen LogP contribution in [0.3, 0.4) is 0 Å². The molecule has 3 rings (SSSR count). The molecule has 0 spiro atoms. The van der Waals surface area contributed by atoms with Crippen LogP contribution in [0.1, 0.15) is 49.3 Å². The van der Waals surface area contributed by atoms with Crippen molar-refractivity contribution in [3.8, 4) is 5.75 Å². The van der Waals surface area contributed by atoms with Crippen molar-refractivity contribution in [3.05, 3.63) is 62.1 Å². The zero-order valence-corrected chi connectivity index (χ0v) is 21.4. The average Bonchev–Trinajstić information content (AvgIpc) is 3.29. The molecule has 2 aromatic rings. The monoisotopic (exact) mass is 510 g/mol. The number of aryl methyl sites for hydroxylation is 2. The van der Waals surface area contributed by atoms with Crippen molar-refractivity contribution in [1.82, 2.24) is 10.2 Å². The number of hydrogen-bond acceptors (Lipinski definition) is 3. The van der Waals surface area contributed by atoms with Gasteiger partial charge in [0.2, 0.25) is 5.91 Å². The van der Waals surface area contributed by atoms with Gasteiger partial charge in [0.15, 0.2) is 6.61 Å². The second kappa shape index (κ2) is 11.5. The van der Waals surface area contributed by atoms with Gasteiger partial charge in [0.05, 0.1) is 10.0 Å². The molecule has 0 bridgehead atoms. The molecule has 178 valence electrons. The van der Waals surface area contributed by atoms with Crippen LogP contribution in [0.15, 0.2) is 30.3 Å². The van der Waals surface area contributed by atoms with Gasteiger partial charge in [-0.3, -0.25) is 9.59 Å². The highest BCUT2D eigenvalue weighted by Gasteiger charge is 2.29. The number of ether oxygens (including phenoxy) is 1. The first kappa shape index (κ1) is 25.7. The number of halogens is 3. The summed E-state index contributed by atoms with van der Waals surface area (Å²) in [5, 5.41) is 4.58. The Morgan fingerprint density at radius 1 is 1.06 bits per heavy atom. The Morgan fingerprint density at radius 2 is 1.70 bits per heavy atom. The third kappa shape index (κ3) is 6.78. The topological polar surface area (TPSA) is 58.6 Å². The van der Waals surface area contributed by atoms with Crippen molar-refractivity contribution < 1.29 is 14.3 Å². The third-order valence-electron chi connectivity index (χ3n) is 5.98. The van der Waals surface area contributed by atoms with E-state index in [0.717, 1.165) is 42.4 Å². The van der Waals surface area contributed by atoms with Crippen LogP contribution in [0.2, 0.25) is 15.1 Å². The summed E-state index contributed by atoms with van der Waals surface area (Å²) in [7, 11) is 0. The summed E-state index contributed by atoms with van der Waals surface area (Å²) in [4.78, 5) is 27.7. The molecular formula is C25H29Cl3N2O3. The van der Waals surface area contributed by atoms with Gasteiger partial charge < -0.3 is 15.0 Å². The van der Waals surface area contributed by atoms with E-state index in [1.54, 1.807) is 37.3 Å². The predicted octanol–water partition coefficient (Wildman–Crippen LogP) is 6.12. The van der Waals surface area contributed by atoms with E-state index >= 15 is 0 Å². The van der Waals surface area contributed by atoms with Crippen molar-refractivity contribution in [3.63, 3.8) is 0 Å². The first-order valence-electron chi connectivity index (χ1n) is 11.1. The van der Waals surface area contributed by atoms with Crippen molar-refractivity contribution >= 4 is 46.6 Å². The Kier molecular flexibility index (Phi) is 8.91. The molecule has 8 heteroatoms. The van der Waals surface area contributed by atoms with Crippen molar-refractivity contribution in [2.24, 2.45) is 0 Å². The highest BCUT2D eigenvalue weighted by atomic mass is 35.5. The fourth-order valence-corrected chi connectivity index (χ4v) is 4.46. The van der Waals surface area contributed by atoms with Crippen molar-refractivity contribution in [2.75, 3.05) is 6.61 Å². The van der Waals surface area contributed by atoms with Crippen LogP contribution in [0.4, 0.5) is 0 Å². The summed E-state index contributed by atoms with van der Waals surface area (Å²) in [6.07, 6.45) is 4.16. The number of rotatable bonds is 8. The van der Waals surface area contributed by atoms with E-state index in [1.807, 2.05) is 13.8 Å². The largest absolute Gasteiger partial charge is 0.484 e. The number of hydrogen-bond donors (Lipinski definition) is 1. The van der Waals surface area contributed by atoms with E-state index in [2.05, 4.69) is 5.32 Å². The second-order valence-electron chi connectivity index (χ2n) is 8.60. The van der Waals surface area contributed by atoms with Gasteiger partial charge in [-0.05, 0) is 74.6 Å². The lowest BCUT2D eigenvalue weighted by Gasteiger charge is -2.29. The zero-order chi connectivity index (χ0) is 24.1. The molecule has 1 saturated carbocycles. The minimum Gasteiger partial charge on any atom is -0.484 e. The number of carbonyl (C=O) groups excluding carboxylic acids is 2. The number of nitrogens with zero attached hydrogens (tertiary/aromatic N) is 1. The molecule has 0 unspecified atom stereocenters. The molecule has 1 aliphatic rings. The maximum absolute atomic E-state index is 13.2. The number of nitrogens with one attached hydrogen (secondary N) is 1. The van der Waals surface area contributed by atoms with Gasteiger partial charge in [0.25, 0.3) is 5.91 Å². The SMILES string of the molecule is Cc1cc(OCC(=O)N(Cc2ccc(Cl)c(Cl)c2)[C@@H](C)C(=O)NC2CCCC2)cc(C)c1Cl. The van der Waals surface area contributed by atoms with Crippen molar-refractivity contribution in [2.45, 2.75) is 65.1 Å². The van der Waals surface area contributed by atoms with Crippen LogP contribution in [-0.4, -0.2) is 35.4 Å². The summed E-state index contributed by atoms with van der Waals surface area (Å²) in [6, 6.07) is 8.26. The molecule has 0 aromatic heterocycles. The molecule has 33 heavy (non-hydrogen) atoms. The maximum Gasteiger partial charge on any atom is 0.261 e. The molecule has 0 heterocycles. The molecule has 5 nitrogen and oxygen atoms in total. The average molecular weight is 512 g/mol. The lowest BCUT2D eigenvalue weighted by molar-refractivity contribution is -0.142. The quantitative estimate of drug-likeness (QED) is 0.464. The predicted molar refractivity (Wildman–Crippen MR) is 133 cm³/mol. The van der Waals surface area contributed by atoms with Crippen LogP contribution in [-0.2, 0) is 16.1 Å². The highest BCUT2D eigenvalue weighted by Crippen LogP contribution is 2.27. The Hall–Kier alpha value is -1.95. The second-order valence-corrected chi connectivity index (χ2v) is 9.79. The summed E-state index contributed by atoms with van der Waals surface area (Å²) in [5.41, 5.74) is 2.52. The van der Waals surface area contributed by atoms with Gasteiger partial charge >= 0.3 is 0 Å². The minimum absolute atomic E-state index is 0.165. The Labute approximate surface area is 210 Å². The van der Waals surface area contributed by atoms with E-state index in [9.17, 15) is 9.59 Å². The maximum atomic E-state index is 13.2. The van der Waals surface area contributed by atoms with Crippen LogP contribution in [0.25, 0.3) is 0 Å². The van der Waals surface area contributed by atoms with E-state index in [-0.39, 0.29) is 31.0 Å². The van der Waals surface area contributed by atoms with Gasteiger partial charge in [0.1, 0.15) is 11.8 Å². The van der Waals surface area contributed by atoms with Crippen molar-refractivity contribution in [1.29, 1.82) is 0 Å². The Morgan fingerprint density at radius 3 is 2.30 bits per heavy atom. The molecule has 1 fully saturated rings. The normalized spacial score (nSPS) is 14.7. The lowest BCUT2D eigenvalue weighted by Crippen LogP contribution is -2.50. The first-order valence-corrected chi connectivity index (χ1v) is 12.2. The number of benzene rings is 2. The fraction of sp³-hybridized carbons (Fsp3) is 0.440. The molecule has 1 atom stereocenters. The summed E-state index contributed by atoms with van der Waals surface area (Å²) >= 11 is 18.4. The van der Waals surface area contributed by atoms with Gasteiger partial charge in [-0.2, -0.15) is 0 Å². The molecule has 2 aromatic carbocycles. The number of amides is 2. The third-order valence-corrected chi connectivity index (χ3v) is 7.31. The molecule has 2 amide bonds.